The molecular formula is C17H23NS. The van der Waals surface area contributed by atoms with Crippen molar-refractivity contribution in [1.29, 1.82) is 5.26 Å². The summed E-state index contributed by atoms with van der Waals surface area (Å²) in [6.45, 7) is 4.52. The molecule has 0 bridgehead atoms. The monoisotopic (exact) mass is 273 g/mol. The number of thioether (sulfide) groups is 1. The van der Waals surface area contributed by atoms with Gasteiger partial charge in [-0.15, -0.1) is 0 Å². The highest BCUT2D eigenvalue weighted by atomic mass is 32.2. The summed E-state index contributed by atoms with van der Waals surface area (Å²) in [5, 5.41) is 10.5. The molecule has 0 aliphatic heterocycles. The maximum Gasteiger partial charge on any atom is 0.0667 e. The smallest absolute Gasteiger partial charge is 0.0667 e. The summed E-state index contributed by atoms with van der Waals surface area (Å²) in [5.74, 6) is 0.895. The number of rotatable bonds is 4. The minimum Gasteiger partial charge on any atom is -0.198 e. The van der Waals surface area contributed by atoms with Gasteiger partial charge in [-0.25, -0.2) is 0 Å². The Morgan fingerprint density at radius 2 is 2.05 bits per heavy atom. The second kappa shape index (κ2) is 7.01. The summed E-state index contributed by atoms with van der Waals surface area (Å²) in [5.41, 5.74) is 1.45. The number of nitrogens with zero attached hydrogens (tertiary/aromatic N) is 1. The first kappa shape index (κ1) is 14.5. The number of benzene rings is 1. The lowest BCUT2D eigenvalue weighted by atomic mass is 9.79. The molecule has 1 fully saturated rings. The van der Waals surface area contributed by atoms with E-state index in [2.05, 4.69) is 50.2 Å². The van der Waals surface area contributed by atoms with Gasteiger partial charge in [0.25, 0.3) is 0 Å². The van der Waals surface area contributed by atoms with Gasteiger partial charge in [0.15, 0.2) is 0 Å². The van der Waals surface area contributed by atoms with Crippen molar-refractivity contribution in [3.8, 4) is 6.07 Å². The van der Waals surface area contributed by atoms with Gasteiger partial charge in [0.2, 0.25) is 0 Å². The number of nitriles is 1. The molecule has 0 aromatic heterocycles. The van der Waals surface area contributed by atoms with Crippen molar-refractivity contribution in [3.05, 3.63) is 35.9 Å². The van der Waals surface area contributed by atoms with Gasteiger partial charge in [0.05, 0.1) is 12.0 Å². The molecule has 1 aromatic carbocycles. The molecule has 0 amide bonds. The zero-order valence-corrected chi connectivity index (χ0v) is 12.7. The van der Waals surface area contributed by atoms with E-state index >= 15 is 0 Å². The Morgan fingerprint density at radius 3 is 2.68 bits per heavy atom. The fourth-order valence-corrected chi connectivity index (χ4v) is 4.37. The third kappa shape index (κ3) is 3.76. The third-order valence-corrected chi connectivity index (χ3v) is 5.88. The summed E-state index contributed by atoms with van der Waals surface area (Å²) >= 11 is 2.03. The molecule has 1 aromatic rings. The Kier molecular flexibility index (Phi) is 5.34. The van der Waals surface area contributed by atoms with E-state index in [1.165, 1.54) is 18.4 Å². The lowest BCUT2D eigenvalue weighted by Crippen LogP contribution is -2.26. The van der Waals surface area contributed by atoms with Gasteiger partial charge in [0.1, 0.15) is 0 Å². The predicted octanol–water partition coefficient (Wildman–Crippen LogP) is 4.99. The average molecular weight is 273 g/mol. The van der Waals surface area contributed by atoms with Crippen LogP contribution in [0.4, 0.5) is 0 Å². The Morgan fingerprint density at radius 1 is 1.32 bits per heavy atom. The van der Waals surface area contributed by atoms with Gasteiger partial charge in [-0.3, -0.25) is 0 Å². The van der Waals surface area contributed by atoms with Crippen LogP contribution in [0.15, 0.2) is 30.3 Å². The minimum absolute atomic E-state index is 0.249. The van der Waals surface area contributed by atoms with Crippen molar-refractivity contribution >= 4 is 11.8 Å². The molecule has 0 radical (unpaired) electrons. The molecule has 1 aliphatic rings. The van der Waals surface area contributed by atoms with Crippen molar-refractivity contribution < 1.29 is 0 Å². The van der Waals surface area contributed by atoms with Crippen molar-refractivity contribution in [1.82, 2.24) is 0 Å². The third-order valence-electron chi connectivity index (χ3n) is 4.21. The van der Waals surface area contributed by atoms with Gasteiger partial charge >= 0.3 is 0 Å². The zero-order valence-electron chi connectivity index (χ0n) is 11.9. The summed E-state index contributed by atoms with van der Waals surface area (Å²) in [6, 6.07) is 13.3. The Bertz CT molecular complexity index is 423. The van der Waals surface area contributed by atoms with Crippen LogP contribution in [0.5, 0.6) is 0 Å². The average Bonchev–Trinajstić information content (AvgIpc) is 2.48. The normalized spacial score (nSPS) is 28.6. The maximum absolute atomic E-state index is 9.34. The lowest BCUT2D eigenvalue weighted by Gasteiger charge is -2.34. The van der Waals surface area contributed by atoms with E-state index < -0.39 is 0 Å². The molecule has 1 saturated carbocycles. The number of hydrogen-bond donors (Lipinski definition) is 0. The van der Waals surface area contributed by atoms with E-state index in [-0.39, 0.29) is 5.92 Å². The highest BCUT2D eigenvalue weighted by molar-refractivity contribution is 8.00. The Hall–Kier alpha value is -0.940. The van der Waals surface area contributed by atoms with E-state index in [0.717, 1.165) is 12.8 Å². The van der Waals surface area contributed by atoms with Crippen LogP contribution in [0.25, 0.3) is 0 Å². The fourth-order valence-electron chi connectivity index (χ4n) is 2.85. The van der Waals surface area contributed by atoms with Crippen molar-refractivity contribution in [2.24, 2.45) is 5.92 Å². The fraction of sp³-hybridized carbons (Fsp3) is 0.588. The van der Waals surface area contributed by atoms with Crippen LogP contribution in [0, 0.1) is 17.2 Å². The summed E-state index contributed by atoms with van der Waals surface area (Å²) < 4.78 is 0. The van der Waals surface area contributed by atoms with Crippen LogP contribution in [0.2, 0.25) is 0 Å². The second-order valence-corrected chi connectivity index (χ2v) is 7.23. The van der Waals surface area contributed by atoms with E-state index in [4.69, 9.17) is 0 Å². The Labute approximate surface area is 121 Å². The van der Waals surface area contributed by atoms with Crippen molar-refractivity contribution in [2.45, 2.75) is 55.9 Å². The highest BCUT2D eigenvalue weighted by Crippen LogP contribution is 2.42. The molecule has 1 nitrogen and oxygen atoms in total. The van der Waals surface area contributed by atoms with Crippen molar-refractivity contribution in [3.63, 3.8) is 0 Å². The second-order valence-electron chi connectivity index (χ2n) is 5.55. The van der Waals surface area contributed by atoms with Crippen LogP contribution in [-0.4, -0.2) is 10.5 Å². The molecule has 0 saturated heterocycles. The predicted molar refractivity (Wildman–Crippen MR) is 83.3 cm³/mol. The quantitative estimate of drug-likeness (QED) is 0.771. The molecule has 19 heavy (non-hydrogen) atoms. The standard InChI is InChI=1S/C17H23NS/c1-3-13(2)19-17-11-15(9-10-16(17)12-18)14-7-5-4-6-8-14/h4-8,13,15-17H,3,9-11H2,1-2H3. The molecule has 0 heterocycles. The molecule has 2 heteroatoms. The summed E-state index contributed by atoms with van der Waals surface area (Å²) in [6.07, 6.45) is 4.58. The molecule has 4 unspecified atom stereocenters. The molecule has 0 spiro atoms. The maximum atomic E-state index is 9.34. The molecule has 0 N–H and O–H groups in total. The van der Waals surface area contributed by atoms with Gasteiger partial charge < -0.3 is 0 Å². The topological polar surface area (TPSA) is 23.8 Å². The summed E-state index contributed by atoms with van der Waals surface area (Å²) in [7, 11) is 0. The highest BCUT2D eigenvalue weighted by Gasteiger charge is 2.32. The van der Waals surface area contributed by atoms with Crippen LogP contribution < -0.4 is 0 Å². The lowest BCUT2D eigenvalue weighted by molar-refractivity contribution is 0.392. The molecule has 4 atom stereocenters. The SMILES string of the molecule is CCC(C)SC1CC(c2ccccc2)CCC1C#N. The van der Waals surface area contributed by atoms with Crippen LogP contribution in [0.1, 0.15) is 51.0 Å². The van der Waals surface area contributed by atoms with Crippen LogP contribution in [0.3, 0.4) is 0 Å². The van der Waals surface area contributed by atoms with Gasteiger partial charge in [-0.1, -0.05) is 44.2 Å². The van der Waals surface area contributed by atoms with Gasteiger partial charge in [0, 0.05) is 10.5 Å². The van der Waals surface area contributed by atoms with E-state index in [1.54, 1.807) is 0 Å². The largest absolute Gasteiger partial charge is 0.198 e. The first-order chi connectivity index (χ1) is 9.24. The molecule has 1 aliphatic carbocycles. The molecule has 2 rings (SSSR count). The van der Waals surface area contributed by atoms with Crippen LogP contribution >= 0.6 is 11.8 Å². The van der Waals surface area contributed by atoms with E-state index in [1.807, 2.05) is 11.8 Å². The first-order valence-electron chi connectivity index (χ1n) is 7.34. The molecular weight excluding hydrogens is 250 g/mol. The van der Waals surface area contributed by atoms with Gasteiger partial charge in [-0.2, -0.15) is 17.0 Å². The molecule has 102 valence electrons. The summed E-state index contributed by atoms with van der Waals surface area (Å²) in [4.78, 5) is 0. The first-order valence-corrected chi connectivity index (χ1v) is 8.28. The zero-order chi connectivity index (χ0) is 13.7. The van der Waals surface area contributed by atoms with E-state index in [9.17, 15) is 5.26 Å². The Balaban J connectivity index is 2.05. The van der Waals surface area contributed by atoms with Crippen molar-refractivity contribution in [2.75, 3.05) is 0 Å². The number of hydrogen-bond acceptors (Lipinski definition) is 2. The van der Waals surface area contributed by atoms with Crippen LogP contribution in [-0.2, 0) is 0 Å². The minimum atomic E-state index is 0.249. The van der Waals surface area contributed by atoms with E-state index in [0.29, 0.717) is 16.4 Å². The van der Waals surface area contributed by atoms with Gasteiger partial charge in [-0.05, 0) is 37.2 Å².